The summed E-state index contributed by atoms with van der Waals surface area (Å²) in [5.74, 6) is -0.572. The van der Waals surface area contributed by atoms with Crippen LogP contribution < -0.4 is 4.74 Å². The van der Waals surface area contributed by atoms with Gasteiger partial charge in [0, 0.05) is 11.8 Å². The molecule has 0 saturated carbocycles. The number of aromatic nitrogens is 1. The van der Waals surface area contributed by atoms with Crippen LogP contribution in [0.2, 0.25) is 0 Å². The minimum atomic E-state index is -0.773. The van der Waals surface area contributed by atoms with Crippen LogP contribution in [0, 0.1) is 5.92 Å². The second kappa shape index (κ2) is 10.6. The number of ketones is 1. The third-order valence-electron chi connectivity index (χ3n) is 5.99. The summed E-state index contributed by atoms with van der Waals surface area (Å²) in [6.07, 6.45) is 2.51. The molecule has 1 aromatic heterocycles. The Hall–Kier alpha value is -3.93. The van der Waals surface area contributed by atoms with E-state index in [0.717, 1.165) is 12.0 Å². The van der Waals surface area contributed by atoms with Crippen LogP contribution in [0.3, 0.4) is 0 Å². The summed E-state index contributed by atoms with van der Waals surface area (Å²) in [4.78, 5) is 32.3. The fraction of sp³-hybridized carbons (Fsp3) is 0.276. The number of hydrogen-bond acceptors (Lipinski definition) is 5. The average molecular weight is 471 g/mol. The van der Waals surface area contributed by atoms with Gasteiger partial charge in [-0.3, -0.25) is 14.6 Å². The van der Waals surface area contributed by atoms with Crippen molar-refractivity contribution in [2.24, 2.45) is 5.92 Å². The van der Waals surface area contributed by atoms with Gasteiger partial charge >= 0.3 is 0 Å². The molecular formula is C29H30N2O4. The van der Waals surface area contributed by atoms with Crippen LogP contribution in [0.4, 0.5) is 0 Å². The summed E-state index contributed by atoms with van der Waals surface area (Å²) in [7, 11) is 0. The number of pyridine rings is 1. The predicted octanol–water partition coefficient (Wildman–Crippen LogP) is 5.30. The summed E-state index contributed by atoms with van der Waals surface area (Å²) in [6.45, 7) is 6.86. The van der Waals surface area contributed by atoms with Gasteiger partial charge in [0.05, 0.1) is 30.5 Å². The molecule has 1 atom stereocenters. The van der Waals surface area contributed by atoms with Gasteiger partial charge < -0.3 is 14.7 Å². The van der Waals surface area contributed by atoms with E-state index in [1.807, 2.05) is 55.5 Å². The van der Waals surface area contributed by atoms with E-state index < -0.39 is 17.7 Å². The molecule has 6 heteroatoms. The number of ether oxygens (including phenoxy) is 1. The fourth-order valence-corrected chi connectivity index (χ4v) is 4.15. The lowest BCUT2D eigenvalue weighted by atomic mass is 9.94. The van der Waals surface area contributed by atoms with E-state index in [9.17, 15) is 14.7 Å². The van der Waals surface area contributed by atoms with Gasteiger partial charge in [0.2, 0.25) is 0 Å². The maximum Gasteiger partial charge on any atom is 0.296 e. The first-order valence-corrected chi connectivity index (χ1v) is 11.9. The molecule has 1 amide bonds. The minimum Gasteiger partial charge on any atom is -0.507 e. The maximum absolute atomic E-state index is 13.3. The quantitative estimate of drug-likeness (QED) is 0.275. The Morgan fingerprint density at radius 2 is 1.83 bits per heavy atom. The van der Waals surface area contributed by atoms with Crippen molar-refractivity contribution in [2.75, 3.05) is 6.61 Å². The lowest BCUT2D eigenvalue weighted by molar-refractivity contribution is -0.140. The molecule has 6 nitrogen and oxygen atoms in total. The molecule has 0 spiro atoms. The van der Waals surface area contributed by atoms with Crippen LogP contribution >= 0.6 is 0 Å². The molecule has 1 saturated heterocycles. The first kappa shape index (κ1) is 24.2. The van der Waals surface area contributed by atoms with E-state index in [4.69, 9.17) is 4.74 Å². The van der Waals surface area contributed by atoms with E-state index in [1.165, 1.54) is 4.90 Å². The van der Waals surface area contributed by atoms with Crippen molar-refractivity contribution in [1.29, 1.82) is 0 Å². The summed E-state index contributed by atoms with van der Waals surface area (Å²) in [6, 6.07) is 19.4. The zero-order chi connectivity index (χ0) is 24.9. The van der Waals surface area contributed by atoms with Crippen LogP contribution in [0.25, 0.3) is 5.76 Å². The number of amides is 1. The molecule has 0 radical (unpaired) electrons. The highest BCUT2D eigenvalue weighted by Crippen LogP contribution is 2.41. The van der Waals surface area contributed by atoms with Gasteiger partial charge in [-0.1, -0.05) is 63.2 Å². The number of aliphatic hydroxyl groups is 1. The monoisotopic (exact) mass is 470 g/mol. The van der Waals surface area contributed by atoms with Gasteiger partial charge in [0.25, 0.3) is 11.7 Å². The number of likely N-dealkylation sites (tertiary alicyclic amines) is 1. The molecule has 0 aliphatic carbocycles. The van der Waals surface area contributed by atoms with Gasteiger partial charge in [-0.05, 0) is 47.7 Å². The standard InChI is InChI=1S/C29H30N2O4/c1-4-20-11-13-21(14-12-20)27(32)25-26(22-8-7-10-24(16-22)35-18-19(2)3)31(29(34)28(25)33)17-23-9-5-6-15-30-23/h5-16,19,26,32H,4,17-18H2,1-3H3/b27-25-. The molecular weight excluding hydrogens is 440 g/mol. The smallest absolute Gasteiger partial charge is 0.296 e. The molecule has 180 valence electrons. The highest BCUT2D eigenvalue weighted by molar-refractivity contribution is 6.46. The van der Waals surface area contributed by atoms with Crippen molar-refractivity contribution in [1.82, 2.24) is 9.88 Å². The van der Waals surface area contributed by atoms with Gasteiger partial charge in [-0.25, -0.2) is 0 Å². The normalized spacial score (nSPS) is 17.3. The minimum absolute atomic E-state index is 0.0659. The number of rotatable bonds is 8. The summed E-state index contributed by atoms with van der Waals surface area (Å²) in [5.41, 5.74) is 3.02. The van der Waals surface area contributed by atoms with Crippen molar-refractivity contribution < 1.29 is 19.4 Å². The first-order valence-electron chi connectivity index (χ1n) is 11.9. The van der Waals surface area contributed by atoms with E-state index in [2.05, 4.69) is 18.8 Å². The van der Waals surface area contributed by atoms with Crippen molar-refractivity contribution >= 4 is 17.4 Å². The number of aryl methyl sites for hydroxylation is 1. The third-order valence-corrected chi connectivity index (χ3v) is 5.99. The Balaban J connectivity index is 1.81. The number of benzene rings is 2. The number of nitrogens with zero attached hydrogens (tertiary/aromatic N) is 2. The average Bonchev–Trinajstić information content (AvgIpc) is 3.13. The molecule has 3 aromatic rings. The summed E-state index contributed by atoms with van der Waals surface area (Å²) in [5, 5.41) is 11.3. The maximum atomic E-state index is 13.3. The number of aliphatic hydroxyl groups excluding tert-OH is 1. The molecule has 1 aliphatic heterocycles. The molecule has 2 aromatic carbocycles. The van der Waals surface area contributed by atoms with Crippen LogP contribution in [-0.4, -0.2) is 33.3 Å². The van der Waals surface area contributed by atoms with E-state index in [0.29, 0.717) is 35.1 Å². The number of hydrogen-bond donors (Lipinski definition) is 1. The SMILES string of the molecule is CCc1ccc(/C(O)=C2/C(=O)C(=O)N(Cc3ccccn3)C2c2cccc(OCC(C)C)c2)cc1. The first-order chi connectivity index (χ1) is 16.9. The van der Waals surface area contributed by atoms with Crippen molar-refractivity contribution in [3.05, 3.63) is 101 Å². The van der Waals surface area contributed by atoms with Gasteiger partial charge in [-0.2, -0.15) is 0 Å². The molecule has 4 rings (SSSR count). The van der Waals surface area contributed by atoms with Gasteiger partial charge in [0.15, 0.2) is 0 Å². The second-order valence-corrected chi connectivity index (χ2v) is 9.08. The highest BCUT2D eigenvalue weighted by Gasteiger charge is 2.46. The Labute approximate surface area is 205 Å². The topological polar surface area (TPSA) is 79.7 Å². The Morgan fingerprint density at radius 3 is 2.49 bits per heavy atom. The largest absolute Gasteiger partial charge is 0.507 e. The lowest BCUT2D eigenvalue weighted by Crippen LogP contribution is -2.29. The predicted molar refractivity (Wildman–Crippen MR) is 135 cm³/mol. The lowest BCUT2D eigenvalue weighted by Gasteiger charge is -2.25. The summed E-state index contributed by atoms with van der Waals surface area (Å²) < 4.78 is 5.90. The van der Waals surface area contributed by atoms with Crippen molar-refractivity contribution in [3.63, 3.8) is 0 Å². The molecule has 1 aliphatic rings. The summed E-state index contributed by atoms with van der Waals surface area (Å²) >= 11 is 0. The zero-order valence-corrected chi connectivity index (χ0v) is 20.3. The fourth-order valence-electron chi connectivity index (χ4n) is 4.15. The highest BCUT2D eigenvalue weighted by atomic mass is 16.5. The Morgan fingerprint density at radius 1 is 1.06 bits per heavy atom. The molecule has 1 N–H and O–H groups in total. The number of Topliss-reactive ketones (excluding diaryl/α,β-unsaturated/α-hetero) is 1. The van der Waals surface area contributed by atoms with Crippen LogP contribution in [0.15, 0.2) is 78.5 Å². The second-order valence-electron chi connectivity index (χ2n) is 9.08. The van der Waals surface area contributed by atoms with Gasteiger partial charge in [0.1, 0.15) is 11.5 Å². The van der Waals surface area contributed by atoms with E-state index >= 15 is 0 Å². The van der Waals surface area contributed by atoms with E-state index in [-0.39, 0.29) is 17.9 Å². The van der Waals surface area contributed by atoms with Crippen LogP contribution in [0.5, 0.6) is 5.75 Å². The Bertz CT molecular complexity index is 1230. The third kappa shape index (κ3) is 5.27. The molecule has 1 fully saturated rings. The molecule has 1 unspecified atom stereocenters. The molecule has 2 heterocycles. The van der Waals surface area contributed by atoms with Crippen molar-refractivity contribution in [2.45, 2.75) is 39.8 Å². The zero-order valence-electron chi connectivity index (χ0n) is 20.3. The molecule has 35 heavy (non-hydrogen) atoms. The van der Waals surface area contributed by atoms with Crippen LogP contribution in [0.1, 0.15) is 49.2 Å². The van der Waals surface area contributed by atoms with E-state index in [1.54, 1.807) is 24.4 Å². The number of carbonyl (C=O) groups is 2. The number of carbonyl (C=O) groups excluding carboxylic acids is 2. The van der Waals surface area contributed by atoms with Crippen molar-refractivity contribution in [3.8, 4) is 5.75 Å². The Kier molecular flexibility index (Phi) is 7.30. The van der Waals surface area contributed by atoms with Gasteiger partial charge in [-0.15, -0.1) is 0 Å². The molecule has 0 bridgehead atoms. The van der Waals surface area contributed by atoms with Crippen LogP contribution in [-0.2, 0) is 22.6 Å².